The van der Waals surface area contributed by atoms with Gasteiger partial charge in [0, 0.05) is 12.6 Å². The standard InChI is InChI=1S/C15H25N5O/c1-2-3-11-16-13-9-10-14(20-19-13)18-15(21)17-12-7-5-4-6-8-12/h9-10,12H,2-8,11H2,1H3,(H,16,19)(H2,17,18,20,21). The van der Waals surface area contributed by atoms with Gasteiger partial charge >= 0.3 is 6.03 Å². The normalized spacial score (nSPS) is 15.5. The van der Waals surface area contributed by atoms with Crippen molar-refractivity contribution in [3.05, 3.63) is 12.1 Å². The molecular weight excluding hydrogens is 266 g/mol. The largest absolute Gasteiger partial charge is 0.369 e. The molecule has 0 bridgehead atoms. The molecule has 0 radical (unpaired) electrons. The molecule has 0 atom stereocenters. The fraction of sp³-hybridized carbons (Fsp3) is 0.667. The van der Waals surface area contributed by atoms with Crippen molar-refractivity contribution in [2.45, 2.75) is 57.9 Å². The fourth-order valence-electron chi connectivity index (χ4n) is 2.47. The summed E-state index contributed by atoms with van der Waals surface area (Å²) in [6.07, 6.45) is 8.05. The number of carbonyl (C=O) groups excluding carboxylic acids is 1. The molecule has 2 amide bonds. The molecule has 2 rings (SSSR count). The molecule has 0 saturated heterocycles. The number of carbonyl (C=O) groups is 1. The van der Waals surface area contributed by atoms with Crippen molar-refractivity contribution in [2.75, 3.05) is 17.2 Å². The van der Waals surface area contributed by atoms with Gasteiger partial charge < -0.3 is 10.6 Å². The average molecular weight is 291 g/mol. The lowest BCUT2D eigenvalue weighted by molar-refractivity contribution is 0.244. The number of amides is 2. The smallest absolute Gasteiger partial charge is 0.320 e. The van der Waals surface area contributed by atoms with Crippen molar-refractivity contribution in [3.63, 3.8) is 0 Å². The van der Waals surface area contributed by atoms with Crippen LogP contribution in [0.15, 0.2) is 12.1 Å². The summed E-state index contributed by atoms with van der Waals surface area (Å²) < 4.78 is 0. The number of anilines is 2. The molecule has 1 fully saturated rings. The molecule has 0 spiro atoms. The van der Waals surface area contributed by atoms with E-state index in [0.717, 1.165) is 38.0 Å². The van der Waals surface area contributed by atoms with Crippen LogP contribution in [0.5, 0.6) is 0 Å². The molecule has 1 aliphatic carbocycles. The quantitative estimate of drug-likeness (QED) is 0.703. The Labute approximate surface area is 126 Å². The van der Waals surface area contributed by atoms with Gasteiger partial charge in [-0.05, 0) is 31.4 Å². The summed E-state index contributed by atoms with van der Waals surface area (Å²) in [6, 6.07) is 3.70. The maximum Gasteiger partial charge on any atom is 0.320 e. The number of hydrogen-bond acceptors (Lipinski definition) is 4. The Bertz CT molecular complexity index is 428. The van der Waals surface area contributed by atoms with Crippen LogP contribution in [-0.2, 0) is 0 Å². The third-order valence-corrected chi connectivity index (χ3v) is 3.68. The van der Waals surface area contributed by atoms with Gasteiger partial charge in [0.05, 0.1) is 0 Å². The molecular formula is C15H25N5O. The Kier molecular flexibility index (Phi) is 6.24. The Morgan fingerprint density at radius 3 is 2.57 bits per heavy atom. The van der Waals surface area contributed by atoms with Gasteiger partial charge in [-0.2, -0.15) is 0 Å². The summed E-state index contributed by atoms with van der Waals surface area (Å²) in [5, 5.41) is 17.0. The van der Waals surface area contributed by atoms with E-state index in [4.69, 9.17) is 0 Å². The summed E-state index contributed by atoms with van der Waals surface area (Å²) in [7, 11) is 0. The molecule has 1 aliphatic rings. The first-order chi connectivity index (χ1) is 10.3. The van der Waals surface area contributed by atoms with Gasteiger partial charge in [0.15, 0.2) is 5.82 Å². The highest BCUT2D eigenvalue weighted by atomic mass is 16.2. The Morgan fingerprint density at radius 2 is 1.90 bits per heavy atom. The fourth-order valence-corrected chi connectivity index (χ4v) is 2.47. The van der Waals surface area contributed by atoms with Crippen LogP contribution in [0.3, 0.4) is 0 Å². The third kappa shape index (κ3) is 5.57. The highest BCUT2D eigenvalue weighted by Gasteiger charge is 2.15. The van der Waals surface area contributed by atoms with Crippen LogP contribution in [-0.4, -0.2) is 28.8 Å². The summed E-state index contributed by atoms with van der Waals surface area (Å²) >= 11 is 0. The van der Waals surface area contributed by atoms with Gasteiger partial charge in [-0.25, -0.2) is 4.79 Å². The van der Waals surface area contributed by atoms with Crippen LogP contribution in [0, 0.1) is 0 Å². The third-order valence-electron chi connectivity index (χ3n) is 3.68. The van der Waals surface area contributed by atoms with Gasteiger partial charge in [-0.15, -0.1) is 10.2 Å². The van der Waals surface area contributed by atoms with Crippen molar-refractivity contribution in [1.82, 2.24) is 15.5 Å². The molecule has 1 heterocycles. The number of hydrogen-bond donors (Lipinski definition) is 3. The lowest BCUT2D eigenvalue weighted by Gasteiger charge is -2.22. The van der Waals surface area contributed by atoms with Crippen molar-refractivity contribution >= 4 is 17.7 Å². The van der Waals surface area contributed by atoms with Crippen LogP contribution in [0.25, 0.3) is 0 Å². The van der Waals surface area contributed by atoms with E-state index in [2.05, 4.69) is 33.1 Å². The maximum atomic E-state index is 11.9. The predicted octanol–water partition coefficient (Wildman–Crippen LogP) is 3.14. The van der Waals surface area contributed by atoms with Gasteiger partial charge in [0.2, 0.25) is 0 Å². The van der Waals surface area contributed by atoms with E-state index in [9.17, 15) is 4.79 Å². The average Bonchev–Trinajstić information content (AvgIpc) is 2.50. The first-order valence-corrected chi connectivity index (χ1v) is 7.93. The van der Waals surface area contributed by atoms with Crippen molar-refractivity contribution < 1.29 is 4.79 Å². The second-order valence-corrected chi connectivity index (χ2v) is 5.52. The lowest BCUT2D eigenvalue weighted by Crippen LogP contribution is -2.39. The first-order valence-electron chi connectivity index (χ1n) is 7.93. The Morgan fingerprint density at radius 1 is 1.19 bits per heavy atom. The zero-order chi connectivity index (χ0) is 14.9. The van der Waals surface area contributed by atoms with Crippen LogP contribution in [0.4, 0.5) is 16.4 Å². The van der Waals surface area contributed by atoms with Crippen molar-refractivity contribution in [2.24, 2.45) is 0 Å². The summed E-state index contributed by atoms with van der Waals surface area (Å²) in [5.74, 6) is 1.21. The molecule has 3 N–H and O–H groups in total. The molecule has 21 heavy (non-hydrogen) atoms. The van der Waals surface area contributed by atoms with E-state index >= 15 is 0 Å². The topological polar surface area (TPSA) is 78.9 Å². The summed E-state index contributed by atoms with van der Waals surface area (Å²) in [5.41, 5.74) is 0. The maximum absolute atomic E-state index is 11.9. The molecule has 6 nitrogen and oxygen atoms in total. The van der Waals surface area contributed by atoms with Gasteiger partial charge in [0.25, 0.3) is 0 Å². The van der Waals surface area contributed by atoms with Gasteiger partial charge in [-0.1, -0.05) is 32.6 Å². The first kappa shape index (κ1) is 15.5. The van der Waals surface area contributed by atoms with E-state index < -0.39 is 0 Å². The van der Waals surface area contributed by atoms with Crippen LogP contribution in [0.1, 0.15) is 51.9 Å². The minimum atomic E-state index is -0.192. The van der Waals surface area contributed by atoms with E-state index in [1.54, 1.807) is 6.07 Å². The highest BCUT2D eigenvalue weighted by molar-refractivity contribution is 5.88. The Hall–Kier alpha value is -1.85. The Balaban J connectivity index is 1.75. The zero-order valence-electron chi connectivity index (χ0n) is 12.7. The molecule has 1 saturated carbocycles. The molecule has 1 aromatic heterocycles. The minimum Gasteiger partial charge on any atom is -0.369 e. The molecule has 0 aliphatic heterocycles. The molecule has 6 heteroatoms. The van der Waals surface area contributed by atoms with Gasteiger partial charge in [0.1, 0.15) is 5.82 Å². The highest BCUT2D eigenvalue weighted by Crippen LogP contribution is 2.17. The SMILES string of the molecule is CCCCNc1ccc(NC(=O)NC2CCCCC2)nn1. The van der Waals surface area contributed by atoms with Crippen LogP contribution < -0.4 is 16.0 Å². The molecule has 0 unspecified atom stereocenters. The second-order valence-electron chi connectivity index (χ2n) is 5.52. The number of nitrogens with one attached hydrogen (secondary N) is 3. The summed E-state index contributed by atoms with van der Waals surface area (Å²) in [4.78, 5) is 11.9. The molecule has 0 aromatic carbocycles. The number of unbranched alkanes of at least 4 members (excludes halogenated alkanes) is 1. The van der Waals surface area contributed by atoms with Gasteiger partial charge in [-0.3, -0.25) is 5.32 Å². The van der Waals surface area contributed by atoms with Crippen LogP contribution in [0.2, 0.25) is 0 Å². The number of nitrogens with zero attached hydrogens (tertiary/aromatic N) is 2. The van der Waals surface area contributed by atoms with Crippen molar-refractivity contribution in [3.8, 4) is 0 Å². The second kappa shape index (κ2) is 8.44. The minimum absolute atomic E-state index is 0.192. The van der Waals surface area contributed by atoms with E-state index in [1.807, 2.05) is 6.07 Å². The van der Waals surface area contributed by atoms with E-state index in [-0.39, 0.29) is 6.03 Å². The van der Waals surface area contributed by atoms with Crippen molar-refractivity contribution in [1.29, 1.82) is 0 Å². The van der Waals surface area contributed by atoms with Crippen LogP contribution >= 0.6 is 0 Å². The van der Waals surface area contributed by atoms with E-state index in [1.165, 1.54) is 19.3 Å². The molecule has 116 valence electrons. The van der Waals surface area contributed by atoms with E-state index in [0.29, 0.717) is 11.9 Å². The lowest BCUT2D eigenvalue weighted by atomic mass is 9.96. The number of aromatic nitrogens is 2. The number of urea groups is 1. The molecule has 1 aromatic rings. The zero-order valence-corrected chi connectivity index (χ0v) is 12.7. The monoisotopic (exact) mass is 291 g/mol. The summed E-state index contributed by atoms with van der Waals surface area (Å²) in [6.45, 7) is 3.03. The number of rotatable bonds is 6. The predicted molar refractivity (Wildman–Crippen MR) is 84.5 cm³/mol.